The van der Waals surface area contributed by atoms with Gasteiger partial charge in [0.25, 0.3) is 5.91 Å². The summed E-state index contributed by atoms with van der Waals surface area (Å²) in [5.41, 5.74) is 2.98. The summed E-state index contributed by atoms with van der Waals surface area (Å²) in [5.74, 6) is -1.29. The maximum atomic E-state index is 12.7. The van der Waals surface area contributed by atoms with Gasteiger partial charge in [0.1, 0.15) is 6.04 Å². The second kappa shape index (κ2) is 7.76. The zero-order valence-electron chi connectivity index (χ0n) is 14.8. The Morgan fingerprint density at radius 3 is 2.08 bits per heavy atom. The van der Waals surface area contributed by atoms with E-state index in [2.05, 4.69) is 10.0 Å². The van der Waals surface area contributed by atoms with Crippen molar-refractivity contribution >= 4 is 21.9 Å². The third-order valence-electron chi connectivity index (χ3n) is 3.88. The summed E-state index contributed by atoms with van der Waals surface area (Å²) in [6.45, 7) is 8.04. The van der Waals surface area contributed by atoms with Gasteiger partial charge in [-0.25, -0.2) is 8.42 Å². The number of likely N-dealkylation sites (N-methyl/N-ethyl adjacent to an activating group) is 1. The molecule has 0 radical (unpaired) electrons. The fourth-order valence-electron chi connectivity index (χ4n) is 2.26. The molecule has 1 rings (SSSR count). The maximum Gasteiger partial charge on any atom is 0.324 e. The molecule has 24 heavy (non-hydrogen) atoms. The van der Waals surface area contributed by atoms with E-state index in [9.17, 15) is 18.0 Å². The van der Waals surface area contributed by atoms with Gasteiger partial charge in [0.05, 0.1) is 4.90 Å². The first-order valence-electron chi connectivity index (χ1n) is 7.48. The molecule has 0 saturated carbocycles. The molecule has 0 bridgehead atoms. The molecular formula is C16H24N2O5S. The summed E-state index contributed by atoms with van der Waals surface area (Å²) >= 11 is 0. The number of sulfonamides is 1. The molecule has 7 nitrogen and oxygen atoms in total. The third kappa shape index (κ3) is 4.55. The quantitative estimate of drug-likeness (QED) is 0.737. The van der Waals surface area contributed by atoms with Gasteiger partial charge in [0.2, 0.25) is 10.0 Å². The van der Waals surface area contributed by atoms with E-state index >= 15 is 0 Å². The van der Waals surface area contributed by atoms with E-state index in [0.717, 1.165) is 11.1 Å². The smallest absolute Gasteiger partial charge is 0.324 e. The van der Waals surface area contributed by atoms with E-state index < -0.39 is 34.5 Å². The van der Waals surface area contributed by atoms with Gasteiger partial charge in [-0.05, 0) is 56.9 Å². The predicted octanol–water partition coefficient (Wildman–Crippen LogP) is 0.876. The van der Waals surface area contributed by atoms with Gasteiger partial charge in [-0.1, -0.05) is 6.07 Å². The van der Waals surface area contributed by atoms with Crippen LogP contribution >= 0.6 is 0 Å². The van der Waals surface area contributed by atoms with Crippen molar-refractivity contribution in [3.05, 3.63) is 28.3 Å². The first-order valence-corrected chi connectivity index (χ1v) is 8.96. The standard InChI is InChI=1S/C16H24N2O5S/c1-9-7-10(2)12(4)15(11(9)3)24(21,22)18-13(5)16(20)23-8-14(19)17-6/h7,13,18H,8H2,1-6H3,(H,17,19)/t13-/m0/s1. The Balaban J connectivity index is 3.03. The van der Waals surface area contributed by atoms with Crippen molar-refractivity contribution in [2.45, 2.75) is 45.6 Å². The second-order valence-corrected chi connectivity index (χ2v) is 7.36. The molecule has 0 fully saturated rings. The number of rotatable bonds is 6. The molecule has 0 saturated heterocycles. The summed E-state index contributed by atoms with van der Waals surface area (Å²) < 4.78 is 32.5. The largest absolute Gasteiger partial charge is 0.454 e. The molecule has 8 heteroatoms. The monoisotopic (exact) mass is 356 g/mol. The molecule has 0 aromatic heterocycles. The van der Waals surface area contributed by atoms with Crippen molar-refractivity contribution in [3.8, 4) is 0 Å². The molecule has 2 N–H and O–H groups in total. The van der Waals surface area contributed by atoms with Gasteiger partial charge in [0.15, 0.2) is 6.61 Å². The van der Waals surface area contributed by atoms with E-state index in [4.69, 9.17) is 4.74 Å². The van der Waals surface area contributed by atoms with Crippen molar-refractivity contribution in [1.82, 2.24) is 10.0 Å². The van der Waals surface area contributed by atoms with Gasteiger partial charge in [-0.3, -0.25) is 9.59 Å². The van der Waals surface area contributed by atoms with Gasteiger partial charge in [0, 0.05) is 7.05 Å². The summed E-state index contributed by atoms with van der Waals surface area (Å²) in [6.07, 6.45) is 0. The summed E-state index contributed by atoms with van der Waals surface area (Å²) in [6, 6.07) is 0.810. The predicted molar refractivity (Wildman–Crippen MR) is 90.2 cm³/mol. The molecule has 0 aliphatic rings. The van der Waals surface area contributed by atoms with Gasteiger partial charge in [-0.15, -0.1) is 0 Å². The summed E-state index contributed by atoms with van der Waals surface area (Å²) in [5, 5.41) is 2.31. The highest BCUT2D eigenvalue weighted by atomic mass is 32.2. The molecule has 134 valence electrons. The van der Waals surface area contributed by atoms with Crippen molar-refractivity contribution in [2.75, 3.05) is 13.7 Å². The Morgan fingerprint density at radius 1 is 1.12 bits per heavy atom. The van der Waals surface area contributed by atoms with Crippen molar-refractivity contribution < 1.29 is 22.7 Å². The zero-order chi connectivity index (χ0) is 18.7. The number of benzene rings is 1. The van der Waals surface area contributed by atoms with E-state index in [1.807, 2.05) is 19.9 Å². The van der Waals surface area contributed by atoms with Crippen LogP contribution in [0.4, 0.5) is 0 Å². The summed E-state index contributed by atoms with van der Waals surface area (Å²) in [7, 11) is -2.50. The number of carbonyl (C=O) groups excluding carboxylic acids is 2. The maximum absolute atomic E-state index is 12.7. The van der Waals surface area contributed by atoms with Crippen LogP contribution < -0.4 is 10.0 Å². The third-order valence-corrected chi connectivity index (χ3v) is 5.69. The lowest BCUT2D eigenvalue weighted by Gasteiger charge is -2.18. The number of hydrogen-bond acceptors (Lipinski definition) is 5. The lowest BCUT2D eigenvalue weighted by Crippen LogP contribution is -2.41. The minimum absolute atomic E-state index is 0.172. The fraction of sp³-hybridized carbons (Fsp3) is 0.500. The van der Waals surface area contributed by atoms with Crippen LogP contribution in [0.3, 0.4) is 0 Å². The van der Waals surface area contributed by atoms with E-state index in [1.54, 1.807) is 13.8 Å². The Labute approximate surface area is 142 Å². The molecule has 0 spiro atoms. The van der Waals surface area contributed by atoms with Crippen molar-refractivity contribution in [2.24, 2.45) is 0 Å². The van der Waals surface area contributed by atoms with Crippen LogP contribution in [0.1, 0.15) is 29.2 Å². The Kier molecular flexibility index (Phi) is 6.50. The Bertz CT molecular complexity index is 730. The molecule has 1 atom stereocenters. The molecule has 0 heterocycles. The lowest BCUT2D eigenvalue weighted by molar-refractivity contribution is -0.149. The van der Waals surface area contributed by atoms with Crippen LogP contribution in [0.5, 0.6) is 0 Å². The first-order chi connectivity index (χ1) is 11.0. The van der Waals surface area contributed by atoms with Crippen LogP contribution in [-0.2, 0) is 24.3 Å². The topological polar surface area (TPSA) is 102 Å². The highest BCUT2D eigenvalue weighted by Crippen LogP contribution is 2.26. The average molecular weight is 356 g/mol. The minimum atomic E-state index is -3.91. The average Bonchev–Trinajstić information content (AvgIpc) is 2.49. The van der Waals surface area contributed by atoms with Crippen molar-refractivity contribution in [3.63, 3.8) is 0 Å². The molecular weight excluding hydrogens is 332 g/mol. The minimum Gasteiger partial charge on any atom is -0.454 e. The molecule has 0 aliphatic carbocycles. The number of nitrogens with one attached hydrogen (secondary N) is 2. The number of amides is 1. The molecule has 1 amide bonds. The van der Waals surface area contributed by atoms with Gasteiger partial charge < -0.3 is 10.1 Å². The lowest BCUT2D eigenvalue weighted by atomic mass is 10.0. The second-order valence-electron chi connectivity index (χ2n) is 5.71. The molecule has 0 unspecified atom stereocenters. The highest BCUT2D eigenvalue weighted by molar-refractivity contribution is 7.89. The Hall–Kier alpha value is -1.93. The zero-order valence-corrected chi connectivity index (χ0v) is 15.6. The van der Waals surface area contributed by atoms with Crippen LogP contribution in [0, 0.1) is 27.7 Å². The summed E-state index contributed by atoms with van der Waals surface area (Å²) in [4.78, 5) is 23.1. The van der Waals surface area contributed by atoms with Crippen LogP contribution in [0.2, 0.25) is 0 Å². The Morgan fingerprint density at radius 2 is 1.62 bits per heavy atom. The number of carbonyl (C=O) groups is 2. The van der Waals surface area contributed by atoms with E-state index in [-0.39, 0.29) is 4.90 Å². The highest BCUT2D eigenvalue weighted by Gasteiger charge is 2.27. The molecule has 1 aromatic carbocycles. The number of hydrogen-bond donors (Lipinski definition) is 2. The van der Waals surface area contributed by atoms with E-state index in [0.29, 0.717) is 11.1 Å². The van der Waals surface area contributed by atoms with Crippen molar-refractivity contribution in [1.29, 1.82) is 0 Å². The SMILES string of the molecule is CNC(=O)COC(=O)[C@H](C)NS(=O)(=O)c1c(C)c(C)cc(C)c1C. The molecule has 0 aliphatic heterocycles. The van der Waals surface area contributed by atoms with Gasteiger partial charge >= 0.3 is 5.97 Å². The number of ether oxygens (including phenoxy) is 1. The van der Waals surface area contributed by atoms with Crippen LogP contribution in [0.15, 0.2) is 11.0 Å². The van der Waals surface area contributed by atoms with Gasteiger partial charge in [-0.2, -0.15) is 4.72 Å². The van der Waals surface area contributed by atoms with Crippen LogP contribution in [0.25, 0.3) is 0 Å². The normalized spacial score (nSPS) is 12.6. The number of esters is 1. The van der Waals surface area contributed by atoms with Crippen LogP contribution in [-0.4, -0.2) is 40.0 Å². The fourth-order valence-corrected chi connectivity index (χ4v) is 4.07. The first kappa shape index (κ1) is 20.1. The van der Waals surface area contributed by atoms with E-state index in [1.165, 1.54) is 14.0 Å². The molecule has 1 aromatic rings. The number of aryl methyl sites for hydroxylation is 2.